The summed E-state index contributed by atoms with van der Waals surface area (Å²) in [6.07, 6.45) is -4.73. The molecule has 0 saturated heterocycles. The molecular weight excluding hydrogens is 351 g/mol. The molecule has 0 radical (unpaired) electrons. The monoisotopic (exact) mass is 365 g/mol. The lowest BCUT2D eigenvalue weighted by atomic mass is 10.1. The Kier molecular flexibility index (Phi) is 4.50. The first-order valence-corrected chi connectivity index (χ1v) is 7.57. The second-order valence-electron chi connectivity index (χ2n) is 5.67. The fraction of sp³-hybridized carbons (Fsp3) is 0.167. The van der Waals surface area contributed by atoms with Crippen molar-refractivity contribution in [1.29, 1.82) is 0 Å². The third-order valence-corrected chi connectivity index (χ3v) is 3.69. The van der Waals surface area contributed by atoms with Crippen LogP contribution in [0, 0.1) is 6.92 Å². The maximum atomic E-state index is 12.3. The van der Waals surface area contributed by atoms with Crippen LogP contribution in [0.15, 0.2) is 46.9 Å². The highest BCUT2D eigenvalue weighted by Gasteiger charge is 2.31. The highest BCUT2D eigenvalue weighted by Crippen LogP contribution is 2.28. The van der Waals surface area contributed by atoms with Gasteiger partial charge in [-0.3, -0.25) is 0 Å². The summed E-state index contributed by atoms with van der Waals surface area (Å²) in [4.78, 5) is 10.9. The van der Waals surface area contributed by atoms with Gasteiger partial charge in [0.15, 0.2) is 0 Å². The predicted molar refractivity (Wildman–Crippen MR) is 88.4 cm³/mol. The lowest BCUT2D eigenvalue weighted by Crippen LogP contribution is -2.17. The van der Waals surface area contributed by atoms with Crippen molar-refractivity contribution in [1.82, 2.24) is 0 Å². The van der Waals surface area contributed by atoms with Gasteiger partial charge >= 0.3 is 12.3 Å². The first kappa shape index (κ1) is 17.7. The van der Waals surface area contributed by atoms with Crippen LogP contribution in [0.1, 0.15) is 21.7 Å². The summed E-state index contributed by atoms with van der Waals surface area (Å²) in [6.45, 7) is 1.91. The number of aromatic carboxylic acids is 1. The van der Waals surface area contributed by atoms with Crippen LogP contribution >= 0.6 is 0 Å². The smallest absolute Gasteiger partial charge is 0.475 e. The van der Waals surface area contributed by atoms with Crippen molar-refractivity contribution in [3.8, 4) is 5.75 Å². The van der Waals surface area contributed by atoms with E-state index in [4.69, 9.17) is 9.52 Å². The predicted octanol–water partition coefficient (Wildman–Crippen LogP) is 4.95. The number of aryl methyl sites for hydroxylation is 1. The van der Waals surface area contributed by atoms with E-state index in [1.54, 1.807) is 18.2 Å². The molecular formula is C18H14F3NO4. The summed E-state index contributed by atoms with van der Waals surface area (Å²) in [5, 5.41) is 12.7. The molecule has 0 unspecified atom stereocenters. The first-order chi connectivity index (χ1) is 12.2. The largest absolute Gasteiger partial charge is 0.573 e. The molecule has 0 fully saturated rings. The number of benzene rings is 2. The van der Waals surface area contributed by atoms with Crippen LogP contribution in [0.2, 0.25) is 0 Å². The number of carbonyl (C=O) groups is 1. The van der Waals surface area contributed by atoms with Gasteiger partial charge in [0.1, 0.15) is 11.3 Å². The average molecular weight is 365 g/mol. The Balaban J connectivity index is 1.71. The Morgan fingerprint density at radius 3 is 2.62 bits per heavy atom. The zero-order valence-electron chi connectivity index (χ0n) is 13.6. The van der Waals surface area contributed by atoms with E-state index in [1.807, 2.05) is 6.07 Å². The van der Waals surface area contributed by atoms with E-state index in [0.29, 0.717) is 28.8 Å². The quantitative estimate of drug-likeness (QED) is 0.669. The maximum Gasteiger partial charge on any atom is 0.573 e. The minimum Gasteiger partial charge on any atom is -0.475 e. The van der Waals surface area contributed by atoms with Crippen LogP contribution < -0.4 is 10.1 Å². The molecule has 136 valence electrons. The van der Waals surface area contributed by atoms with E-state index in [2.05, 4.69) is 10.1 Å². The van der Waals surface area contributed by atoms with Crippen LogP contribution in [-0.2, 0) is 6.54 Å². The number of carboxylic acid groups (broad SMARTS) is 1. The van der Waals surface area contributed by atoms with Crippen molar-refractivity contribution in [2.24, 2.45) is 0 Å². The molecule has 2 N–H and O–H groups in total. The van der Waals surface area contributed by atoms with E-state index in [0.717, 1.165) is 5.56 Å². The van der Waals surface area contributed by atoms with Gasteiger partial charge < -0.3 is 19.6 Å². The Morgan fingerprint density at radius 1 is 1.19 bits per heavy atom. The van der Waals surface area contributed by atoms with E-state index in [-0.39, 0.29) is 11.5 Å². The van der Waals surface area contributed by atoms with Crippen LogP contribution in [0.4, 0.5) is 18.9 Å². The number of anilines is 1. The third kappa shape index (κ3) is 4.08. The second kappa shape index (κ2) is 6.62. The molecule has 0 amide bonds. The molecule has 0 aliphatic rings. The molecule has 3 aromatic rings. The van der Waals surface area contributed by atoms with Crippen LogP contribution in [0.25, 0.3) is 11.0 Å². The lowest BCUT2D eigenvalue weighted by molar-refractivity contribution is -0.274. The lowest BCUT2D eigenvalue weighted by Gasteiger charge is -2.13. The normalized spacial score (nSPS) is 11.5. The number of furan rings is 1. The Hall–Kier alpha value is -3.16. The number of hydrogen-bond acceptors (Lipinski definition) is 4. The van der Waals surface area contributed by atoms with E-state index in [1.165, 1.54) is 25.1 Å². The van der Waals surface area contributed by atoms with Crippen molar-refractivity contribution >= 4 is 22.6 Å². The molecule has 0 atom stereocenters. The molecule has 0 saturated carbocycles. The standard InChI is InChI=1S/C18H14F3NO4/c1-10-6-13(4-5-14(10)26-18(19,20)21)22-9-11-2-3-12-8-16(17(23)24)25-15(12)7-11/h2-8,22H,9H2,1H3,(H,23,24). The molecule has 0 spiro atoms. The molecule has 0 aliphatic carbocycles. The van der Waals surface area contributed by atoms with Gasteiger partial charge in [0.25, 0.3) is 0 Å². The molecule has 2 aromatic carbocycles. The highest BCUT2D eigenvalue weighted by molar-refractivity contribution is 5.91. The van der Waals surface area contributed by atoms with E-state index < -0.39 is 12.3 Å². The fourth-order valence-corrected chi connectivity index (χ4v) is 2.49. The highest BCUT2D eigenvalue weighted by atomic mass is 19.4. The van der Waals surface area contributed by atoms with Gasteiger partial charge in [-0.1, -0.05) is 12.1 Å². The number of rotatable bonds is 5. The van der Waals surface area contributed by atoms with E-state index in [9.17, 15) is 18.0 Å². The third-order valence-electron chi connectivity index (χ3n) is 3.69. The number of alkyl halides is 3. The van der Waals surface area contributed by atoms with Gasteiger partial charge in [0.05, 0.1) is 0 Å². The zero-order valence-corrected chi connectivity index (χ0v) is 13.6. The molecule has 0 bridgehead atoms. The summed E-state index contributed by atoms with van der Waals surface area (Å²) in [7, 11) is 0. The summed E-state index contributed by atoms with van der Waals surface area (Å²) in [5.74, 6) is -1.53. The Morgan fingerprint density at radius 2 is 1.96 bits per heavy atom. The number of fused-ring (bicyclic) bond motifs is 1. The molecule has 8 heteroatoms. The minimum atomic E-state index is -4.73. The first-order valence-electron chi connectivity index (χ1n) is 7.57. The molecule has 26 heavy (non-hydrogen) atoms. The number of ether oxygens (including phenoxy) is 1. The summed E-state index contributed by atoms with van der Waals surface area (Å²) in [5.41, 5.74) is 2.26. The number of nitrogens with one attached hydrogen (secondary N) is 1. The van der Waals surface area contributed by atoms with Gasteiger partial charge in [0, 0.05) is 17.6 Å². The van der Waals surface area contributed by atoms with Crippen molar-refractivity contribution in [3.05, 3.63) is 59.4 Å². The van der Waals surface area contributed by atoms with E-state index >= 15 is 0 Å². The molecule has 1 aromatic heterocycles. The topological polar surface area (TPSA) is 71.7 Å². The summed E-state index contributed by atoms with van der Waals surface area (Å²) in [6, 6.07) is 11.0. The van der Waals surface area contributed by atoms with Gasteiger partial charge in [0.2, 0.25) is 5.76 Å². The fourth-order valence-electron chi connectivity index (χ4n) is 2.49. The van der Waals surface area contributed by atoms with Crippen LogP contribution in [-0.4, -0.2) is 17.4 Å². The Bertz CT molecular complexity index is 963. The Labute approximate surface area is 146 Å². The molecule has 0 aliphatic heterocycles. The zero-order chi connectivity index (χ0) is 18.9. The SMILES string of the molecule is Cc1cc(NCc2ccc3cc(C(=O)O)oc3c2)ccc1OC(F)(F)F. The van der Waals surface area contributed by atoms with Crippen LogP contribution in [0.5, 0.6) is 5.75 Å². The average Bonchev–Trinajstić information content (AvgIpc) is 2.97. The van der Waals surface area contributed by atoms with Gasteiger partial charge in [-0.15, -0.1) is 13.2 Å². The summed E-state index contributed by atoms with van der Waals surface area (Å²) >= 11 is 0. The van der Waals surface area contributed by atoms with Crippen molar-refractivity contribution in [2.45, 2.75) is 19.8 Å². The van der Waals surface area contributed by atoms with Crippen LogP contribution in [0.3, 0.4) is 0 Å². The molecule has 3 rings (SSSR count). The van der Waals surface area contributed by atoms with Gasteiger partial charge in [-0.25, -0.2) is 4.79 Å². The number of carboxylic acids is 1. The van der Waals surface area contributed by atoms with Gasteiger partial charge in [-0.2, -0.15) is 0 Å². The van der Waals surface area contributed by atoms with Gasteiger partial charge in [-0.05, 0) is 48.4 Å². The second-order valence-corrected chi connectivity index (χ2v) is 5.67. The summed E-state index contributed by atoms with van der Waals surface area (Å²) < 4.78 is 46.0. The molecule has 5 nitrogen and oxygen atoms in total. The number of hydrogen-bond donors (Lipinski definition) is 2. The van der Waals surface area contributed by atoms with Crippen molar-refractivity contribution < 1.29 is 32.2 Å². The van der Waals surface area contributed by atoms with Crippen molar-refractivity contribution in [3.63, 3.8) is 0 Å². The molecule has 1 heterocycles. The maximum absolute atomic E-state index is 12.3. The minimum absolute atomic E-state index is 0.138. The van der Waals surface area contributed by atoms with Crippen molar-refractivity contribution in [2.75, 3.05) is 5.32 Å². The number of halogens is 3.